The summed E-state index contributed by atoms with van der Waals surface area (Å²) in [4.78, 5) is 9.78. The monoisotopic (exact) mass is 397 g/mol. The van der Waals surface area contributed by atoms with Crippen LogP contribution < -0.4 is 4.90 Å². The summed E-state index contributed by atoms with van der Waals surface area (Å²) in [5.41, 5.74) is 6.21. The summed E-state index contributed by atoms with van der Waals surface area (Å²) in [5.74, 6) is 0. The molecule has 1 aromatic heterocycles. The van der Waals surface area contributed by atoms with Gasteiger partial charge < -0.3 is 4.90 Å². The second kappa shape index (κ2) is 8.01. The second-order valence-electron chi connectivity index (χ2n) is 7.20. The van der Waals surface area contributed by atoms with Crippen molar-refractivity contribution in [2.24, 2.45) is 0 Å². The largest absolute Gasteiger partial charge is 0.369 e. The van der Waals surface area contributed by atoms with E-state index < -0.39 is 0 Å². The summed E-state index contributed by atoms with van der Waals surface area (Å²) in [6.07, 6.45) is 0. The third-order valence-corrected chi connectivity index (χ3v) is 6.30. The first-order valence-electron chi connectivity index (χ1n) is 9.33. The summed E-state index contributed by atoms with van der Waals surface area (Å²) in [7, 11) is 0. The third kappa shape index (κ3) is 4.34. The molecule has 1 aliphatic heterocycles. The van der Waals surface area contributed by atoms with Gasteiger partial charge >= 0.3 is 0 Å². The van der Waals surface area contributed by atoms with Crippen molar-refractivity contribution in [1.29, 1.82) is 0 Å². The molecule has 27 heavy (non-hydrogen) atoms. The molecule has 1 saturated heterocycles. The Bertz CT molecular complexity index is 912. The van der Waals surface area contributed by atoms with Crippen molar-refractivity contribution in [2.75, 3.05) is 31.1 Å². The van der Waals surface area contributed by atoms with Gasteiger partial charge in [0.15, 0.2) is 0 Å². The minimum Gasteiger partial charge on any atom is -0.369 e. The molecule has 0 amide bonds. The van der Waals surface area contributed by atoms with E-state index in [0.717, 1.165) is 42.8 Å². The van der Waals surface area contributed by atoms with E-state index >= 15 is 0 Å². The van der Waals surface area contributed by atoms with Crippen LogP contribution >= 0.6 is 22.9 Å². The maximum absolute atomic E-state index is 6.19. The van der Waals surface area contributed by atoms with E-state index in [1.165, 1.54) is 28.1 Å². The molecule has 2 aromatic carbocycles. The van der Waals surface area contributed by atoms with E-state index in [-0.39, 0.29) is 0 Å². The molecule has 1 fully saturated rings. The lowest BCUT2D eigenvalue weighted by molar-refractivity contribution is 0.247. The summed E-state index contributed by atoms with van der Waals surface area (Å²) in [6.45, 7) is 9.32. The Morgan fingerprint density at radius 1 is 1.00 bits per heavy atom. The Morgan fingerprint density at radius 2 is 1.74 bits per heavy atom. The van der Waals surface area contributed by atoms with Gasteiger partial charge in [0.2, 0.25) is 0 Å². The Morgan fingerprint density at radius 3 is 2.48 bits per heavy atom. The van der Waals surface area contributed by atoms with E-state index in [1.54, 1.807) is 11.3 Å². The predicted molar refractivity (Wildman–Crippen MR) is 116 cm³/mol. The zero-order chi connectivity index (χ0) is 18.8. The molecule has 3 nitrogen and oxygen atoms in total. The van der Waals surface area contributed by atoms with Gasteiger partial charge in [-0.05, 0) is 31.5 Å². The number of halogens is 1. The zero-order valence-corrected chi connectivity index (χ0v) is 17.4. The highest BCUT2D eigenvalue weighted by atomic mass is 35.5. The molecule has 0 N–H and O–H groups in total. The molecule has 140 valence electrons. The highest BCUT2D eigenvalue weighted by molar-refractivity contribution is 7.13. The van der Waals surface area contributed by atoms with Gasteiger partial charge in [-0.15, -0.1) is 11.3 Å². The molecule has 2 heterocycles. The number of aryl methyl sites for hydroxylation is 2. The number of piperazine rings is 1. The number of hydrogen-bond acceptors (Lipinski definition) is 4. The first kappa shape index (κ1) is 18.5. The Labute approximate surface area is 170 Å². The van der Waals surface area contributed by atoms with E-state index in [1.807, 2.05) is 6.07 Å². The van der Waals surface area contributed by atoms with Gasteiger partial charge in [-0.2, -0.15) is 0 Å². The van der Waals surface area contributed by atoms with Crippen LogP contribution in [0.3, 0.4) is 0 Å². The minimum absolute atomic E-state index is 0.809. The normalized spacial score (nSPS) is 15.3. The van der Waals surface area contributed by atoms with Crippen LogP contribution in [0.4, 0.5) is 5.69 Å². The molecule has 1 aliphatic rings. The number of anilines is 1. The Kier molecular flexibility index (Phi) is 5.48. The fraction of sp³-hybridized carbons (Fsp3) is 0.318. The van der Waals surface area contributed by atoms with Gasteiger partial charge in [0, 0.05) is 54.4 Å². The number of hydrogen-bond donors (Lipinski definition) is 0. The Hall–Kier alpha value is -1.88. The van der Waals surface area contributed by atoms with Crippen LogP contribution in [0.1, 0.15) is 16.8 Å². The van der Waals surface area contributed by atoms with E-state index in [0.29, 0.717) is 0 Å². The lowest BCUT2D eigenvalue weighted by Gasteiger charge is -2.36. The highest BCUT2D eigenvalue weighted by Crippen LogP contribution is 2.27. The zero-order valence-electron chi connectivity index (χ0n) is 15.8. The second-order valence-corrected chi connectivity index (χ2v) is 8.50. The molecule has 0 bridgehead atoms. The van der Waals surface area contributed by atoms with Crippen LogP contribution in [0, 0.1) is 13.8 Å². The first-order valence-corrected chi connectivity index (χ1v) is 10.6. The van der Waals surface area contributed by atoms with Crippen molar-refractivity contribution in [1.82, 2.24) is 9.88 Å². The lowest BCUT2D eigenvalue weighted by atomic mass is 10.1. The van der Waals surface area contributed by atoms with Crippen molar-refractivity contribution in [3.8, 4) is 10.6 Å². The van der Waals surface area contributed by atoms with Crippen molar-refractivity contribution in [2.45, 2.75) is 20.4 Å². The molecule has 5 heteroatoms. The topological polar surface area (TPSA) is 19.4 Å². The van der Waals surface area contributed by atoms with Crippen LogP contribution in [0.25, 0.3) is 10.6 Å². The van der Waals surface area contributed by atoms with Crippen LogP contribution in [-0.2, 0) is 6.54 Å². The van der Waals surface area contributed by atoms with E-state index in [4.69, 9.17) is 16.6 Å². The van der Waals surface area contributed by atoms with Crippen molar-refractivity contribution < 1.29 is 0 Å². The average Bonchev–Trinajstić information content (AvgIpc) is 3.13. The number of benzene rings is 2. The molecule has 3 aromatic rings. The number of aromatic nitrogens is 1. The standard InChI is InChI=1S/C22H24ClN3S/c1-16-3-6-18(7-4-16)22-24-20(15-27-22)14-25-9-11-26(12-10-25)21-13-19(23)8-5-17(21)2/h3-8,13,15H,9-12,14H2,1-2H3. The predicted octanol–water partition coefficient (Wildman–Crippen LogP) is 5.40. The van der Waals surface area contributed by atoms with Crippen molar-refractivity contribution in [3.05, 3.63) is 69.7 Å². The molecule has 0 aliphatic carbocycles. The summed E-state index contributed by atoms with van der Waals surface area (Å²) in [6, 6.07) is 14.8. The molecule has 0 radical (unpaired) electrons. The molecular weight excluding hydrogens is 374 g/mol. The van der Waals surface area contributed by atoms with Gasteiger partial charge in [-0.1, -0.05) is 47.5 Å². The van der Waals surface area contributed by atoms with Gasteiger partial charge in [0.05, 0.1) is 5.69 Å². The van der Waals surface area contributed by atoms with E-state index in [9.17, 15) is 0 Å². The SMILES string of the molecule is Cc1ccc(-c2nc(CN3CCN(c4cc(Cl)ccc4C)CC3)cs2)cc1. The van der Waals surface area contributed by atoms with Crippen LogP contribution in [0.15, 0.2) is 47.8 Å². The number of thiazole rings is 1. The minimum atomic E-state index is 0.809. The summed E-state index contributed by atoms with van der Waals surface area (Å²) in [5, 5.41) is 4.12. The molecule has 0 unspecified atom stereocenters. The van der Waals surface area contributed by atoms with Crippen LogP contribution in [0.5, 0.6) is 0 Å². The third-order valence-electron chi connectivity index (χ3n) is 5.12. The first-order chi connectivity index (χ1) is 13.1. The molecule has 4 rings (SSSR count). The fourth-order valence-corrected chi connectivity index (χ4v) is 4.49. The van der Waals surface area contributed by atoms with Gasteiger partial charge in [0.1, 0.15) is 5.01 Å². The van der Waals surface area contributed by atoms with Crippen LogP contribution in [0.2, 0.25) is 5.02 Å². The van der Waals surface area contributed by atoms with E-state index in [2.05, 4.69) is 65.4 Å². The number of rotatable bonds is 4. The lowest BCUT2D eigenvalue weighted by Crippen LogP contribution is -2.46. The molecular formula is C22H24ClN3S. The molecule has 0 spiro atoms. The summed E-state index contributed by atoms with van der Waals surface area (Å²) >= 11 is 7.92. The van der Waals surface area contributed by atoms with Crippen molar-refractivity contribution >= 4 is 28.6 Å². The van der Waals surface area contributed by atoms with Crippen molar-refractivity contribution in [3.63, 3.8) is 0 Å². The van der Waals surface area contributed by atoms with Gasteiger partial charge in [0.25, 0.3) is 0 Å². The maximum atomic E-state index is 6.19. The number of nitrogens with zero attached hydrogens (tertiary/aromatic N) is 3. The van der Waals surface area contributed by atoms with Gasteiger partial charge in [-0.3, -0.25) is 4.90 Å². The fourth-order valence-electron chi connectivity index (χ4n) is 3.51. The quantitative estimate of drug-likeness (QED) is 0.587. The molecule has 0 atom stereocenters. The molecule has 0 saturated carbocycles. The van der Waals surface area contributed by atoms with Gasteiger partial charge in [-0.25, -0.2) is 4.98 Å². The smallest absolute Gasteiger partial charge is 0.123 e. The highest BCUT2D eigenvalue weighted by Gasteiger charge is 2.19. The summed E-state index contributed by atoms with van der Waals surface area (Å²) < 4.78 is 0. The maximum Gasteiger partial charge on any atom is 0.123 e. The average molecular weight is 398 g/mol. The van der Waals surface area contributed by atoms with Crippen LogP contribution in [-0.4, -0.2) is 36.1 Å². The Balaban J connectivity index is 1.37.